The van der Waals surface area contributed by atoms with Gasteiger partial charge in [0.05, 0.1) is 6.61 Å². The molecular weight excluding hydrogens is 446 g/mol. The molecule has 4 rings (SSSR count). The van der Waals surface area contributed by atoms with Crippen molar-refractivity contribution >= 4 is 17.5 Å². The number of hydrogen-bond acceptors (Lipinski definition) is 4. The minimum absolute atomic E-state index is 0.112. The number of ether oxygens (including phenoxy) is 1. The van der Waals surface area contributed by atoms with Crippen LogP contribution in [0.1, 0.15) is 58.8 Å². The molecule has 2 aromatic carbocycles. The second-order valence-corrected chi connectivity index (χ2v) is 10.4. The number of hydrogen-bond donors (Lipinski definition) is 0. The summed E-state index contributed by atoms with van der Waals surface area (Å²) in [4.78, 5) is 19.9. The van der Waals surface area contributed by atoms with Gasteiger partial charge in [-0.3, -0.25) is 9.69 Å². The fourth-order valence-electron chi connectivity index (χ4n) is 5.44. The molecule has 0 aliphatic carbocycles. The van der Waals surface area contributed by atoms with Crippen LogP contribution in [0.25, 0.3) is 0 Å². The number of fused-ring (bicyclic) bond motifs is 1. The van der Waals surface area contributed by atoms with Crippen molar-refractivity contribution in [1.29, 1.82) is 0 Å². The number of benzene rings is 2. The molecule has 2 saturated heterocycles. The third-order valence-corrected chi connectivity index (χ3v) is 7.72. The maximum absolute atomic E-state index is 13.1. The molecule has 0 spiro atoms. The van der Waals surface area contributed by atoms with Crippen molar-refractivity contribution in [3.63, 3.8) is 0 Å². The van der Waals surface area contributed by atoms with E-state index in [4.69, 9.17) is 16.3 Å². The Morgan fingerprint density at radius 2 is 1.82 bits per heavy atom. The molecular formula is C28H38ClN3O2. The fourth-order valence-corrected chi connectivity index (χ4v) is 5.57. The average molecular weight is 484 g/mol. The predicted molar refractivity (Wildman–Crippen MR) is 139 cm³/mol. The quantitative estimate of drug-likeness (QED) is 0.498. The van der Waals surface area contributed by atoms with E-state index < -0.39 is 0 Å². The molecule has 184 valence electrons. The molecule has 5 nitrogen and oxygen atoms in total. The molecule has 1 amide bonds. The molecule has 0 aromatic heterocycles. The number of piperidine rings is 1. The molecule has 0 bridgehead atoms. The van der Waals surface area contributed by atoms with E-state index in [0.29, 0.717) is 17.1 Å². The Labute approximate surface area is 209 Å². The normalized spacial score (nSPS) is 20.9. The van der Waals surface area contributed by atoms with E-state index >= 15 is 0 Å². The predicted octanol–water partition coefficient (Wildman–Crippen LogP) is 5.34. The molecule has 6 heteroatoms. The number of carbonyl (C=O) groups excluding carboxylic acids is 1. The van der Waals surface area contributed by atoms with Crippen LogP contribution in [-0.2, 0) is 0 Å². The minimum atomic E-state index is 0.112. The summed E-state index contributed by atoms with van der Waals surface area (Å²) in [6, 6.07) is 12.5. The van der Waals surface area contributed by atoms with E-state index in [0.717, 1.165) is 56.9 Å². The van der Waals surface area contributed by atoms with Crippen LogP contribution in [0.15, 0.2) is 36.4 Å². The standard InChI is InChI=1S/C28H38ClN3O2/c1-20-21(2)27(34-18-6-15-30(3)4)14-13-25(20)26-8-5-7-24-19-31(16-17-32(24)26)28(33)22-9-11-23(29)12-10-22/h9-14,24,26H,5-8,15-19H2,1-4H3/t24-,26+/m0/s1. The molecule has 2 fully saturated rings. The molecule has 34 heavy (non-hydrogen) atoms. The molecule has 2 aliphatic rings. The van der Waals surface area contributed by atoms with Gasteiger partial charge in [0.25, 0.3) is 5.91 Å². The van der Waals surface area contributed by atoms with Crippen LogP contribution in [0.5, 0.6) is 5.75 Å². The van der Waals surface area contributed by atoms with Crippen LogP contribution >= 0.6 is 11.6 Å². The van der Waals surface area contributed by atoms with E-state index in [1.807, 2.05) is 17.0 Å². The maximum atomic E-state index is 13.1. The number of halogens is 1. The van der Waals surface area contributed by atoms with Gasteiger partial charge in [0, 0.05) is 48.8 Å². The number of piperazine rings is 1. The lowest BCUT2D eigenvalue weighted by Gasteiger charge is -2.48. The summed E-state index contributed by atoms with van der Waals surface area (Å²) in [5.41, 5.74) is 4.73. The van der Waals surface area contributed by atoms with Crippen LogP contribution in [0.4, 0.5) is 0 Å². The molecule has 0 saturated carbocycles. The minimum Gasteiger partial charge on any atom is -0.493 e. The van der Waals surface area contributed by atoms with E-state index in [1.165, 1.54) is 29.5 Å². The van der Waals surface area contributed by atoms with Crippen LogP contribution < -0.4 is 4.74 Å². The zero-order valence-corrected chi connectivity index (χ0v) is 21.8. The summed E-state index contributed by atoms with van der Waals surface area (Å²) in [5, 5.41) is 0.659. The summed E-state index contributed by atoms with van der Waals surface area (Å²) in [6.07, 6.45) is 4.53. The van der Waals surface area contributed by atoms with Crippen LogP contribution in [0.3, 0.4) is 0 Å². The summed E-state index contributed by atoms with van der Waals surface area (Å²) in [7, 11) is 4.18. The van der Waals surface area contributed by atoms with Gasteiger partial charge in [-0.25, -0.2) is 0 Å². The first kappa shape index (κ1) is 25.0. The number of nitrogens with zero attached hydrogens (tertiary/aromatic N) is 3. The smallest absolute Gasteiger partial charge is 0.253 e. The van der Waals surface area contributed by atoms with Gasteiger partial charge in [-0.15, -0.1) is 0 Å². The lowest BCUT2D eigenvalue weighted by Crippen LogP contribution is -2.57. The maximum Gasteiger partial charge on any atom is 0.253 e. The van der Waals surface area contributed by atoms with Gasteiger partial charge in [0.2, 0.25) is 0 Å². The van der Waals surface area contributed by atoms with E-state index in [1.54, 1.807) is 12.1 Å². The second-order valence-electron chi connectivity index (χ2n) is 10.0. The molecule has 0 unspecified atom stereocenters. The third-order valence-electron chi connectivity index (χ3n) is 7.47. The van der Waals surface area contributed by atoms with E-state index in [2.05, 4.69) is 49.9 Å². The molecule has 0 N–H and O–H groups in total. The number of rotatable bonds is 7. The summed E-state index contributed by atoms with van der Waals surface area (Å²) < 4.78 is 6.11. The molecule has 2 atom stereocenters. The Hall–Kier alpha value is -2.08. The highest BCUT2D eigenvalue weighted by atomic mass is 35.5. The van der Waals surface area contributed by atoms with Crippen LogP contribution in [0, 0.1) is 13.8 Å². The zero-order chi connectivity index (χ0) is 24.2. The highest BCUT2D eigenvalue weighted by Gasteiger charge is 2.37. The lowest BCUT2D eigenvalue weighted by molar-refractivity contribution is 0.0101. The van der Waals surface area contributed by atoms with Crippen molar-refractivity contribution in [3.8, 4) is 5.75 Å². The fraction of sp³-hybridized carbons (Fsp3) is 0.536. The first-order valence-electron chi connectivity index (χ1n) is 12.5. The largest absolute Gasteiger partial charge is 0.493 e. The van der Waals surface area contributed by atoms with Gasteiger partial charge in [-0.1, -0.05) is 17.7 Å². The third kappa shape index (κ3) is 5.59. The van der Waals surface area contributed by atoms with Crippen molar-refractivity contribution in [1.82, 2.24) is 14.7 Å². The van der Waals surface area contributed by atoms with Crippen molar-refractivity contribution in [3.05, 3.63) is 63.7 Å². The van der Waals surface area contributed by atoms with Crippen molar-refractivity contribution in [2.45, 2.75) is 51.6 Å². The molecule has 2 heterocycles. The van der Waals surface area contributed by atoms with Crippen molar-refractivity contribution in [2.24, 2.45) is 0 Å². The zero-order valence-electron chi connectivity index (χ0n) is 21.0. The van der Waals surface area contributed by atoms with Crippen LogP contribution in [0.2, 0.25) is 5.02 Å². The SMILES string of the molecule is Cc1c(OCCCN(C)C)ccc([C@H]2CCC[C@H]3CN(C(=O)c4ccc(Cl)cc4)CCN32)c1C. The van der Waals surface area contributed by atoms with Crippen molar-refractivity contribution < 1.29 is 9.53 Å². The lowest BCUT2D eigenvalue weighted by atomic mass is 9.86. The Balaban J connectivity index is 1.43. The summed E-state index contributed by atoms with van der Waals surface area (Å²) in [5.74, 6) is 1.12. The highest BCUT2D eigenvalue weighted by molar-refractivity contribution is 6.30. The first-order chi connectivity index (χ1) is 16.3. The average Bonchev–Trinajstić information content (AvgIpc) is 2.83. The van der Waals surface area contributed by atoms with Gasteiger partial charge < -0.3 is 14.5 Å². The number of amides is 1. The van der Waals surface area contributed by atoms with Gasteiger partial charge in [0.1, 0.15) is 5.75 Å². The summed E-state index contributed by atoms with van der Waals surface area (Å²) in [6.45, 7) is 8.67. The molecule has 0 radical (unpaired) electrons. The Bertz CT molecular complexity index is 992. The monoisotopic (exact) mass is 483 g/mol. The molecule has 2 aromatic rings. The summed E-state index contributed by atoms with van der Waals surface area (Å²) >= 11 is 6.00. The highest BCUT2D eigenvalue weighted by Crippen LogP contribution is 2.39. The molecule has 2 aliphatic heterocycles. The first-order valence-corrected chi connectivity index (χ1v) is 12.9. The van der Waals surface area contributed by atoms with Gasteiger partial charge >= 0.3 is 0 Å². The van der Waals surface area contributed by atoms with Gasteiger partial charge in [0.15, 0.2) is 0 Å². The van der Waals surface area contributed by atoms with Gasteiger partial charge in [-0.2, -0.15) is 0 Å². The van der Waals surface area contributed by atoms with E-state index in [-0.39, 0.29) is 5.91 Å². The Morgan fingerprint density at radius 3 is 2.56 bits per heavy atom. The Kier molecular flexibility index (Phi) is 8.18. The van der Waals surface area contributed by atoms with E-state index in [9.17, 15) is 4.79 Å². The topological polar surface area (TPSA) is 36.0 Å². The van der Waals surface area contributed by atoms with Gasteiger partial charge in [-0.05, 0) is 101 Å². The number of carbonyl (C=O) groups is 1. The van der Waals surface area contributed by atoms with Crippen molar-refractivity contribution in [2.75, 3.05) is 46.9 Å². The Morgan fingerprint density at radius 1 is 1.06 bits per heavy atom. The van der Waals surface area contributed by atoms with Crippen LogP contribution in [-0.4, -0.2) is 73.5 Å². The second kappa shape index (κ2) is 11.1.